The summed E-state index contributed by atoms with van der Waals surface area (Å²) in [6.07, 6.45) is 4.42. The Labute approximate surface area is 286 Å². The van der Waals surface area contributed by atoms with Gasteiger partial charge in [0, 0.05) is 5.41 Å². The van der Waals surface area contributed by atoms with Crippen molar-refractivity contribution in [3.8, 4) is 33.4 Å². The molecule has 0 unspecified atom stereocenters. The summed E-state index contributed by atoms with van der Waals surface area (Å²) in [6, 6.07) is 58.7. The molecule has 0 spiro atoms. The van der Waals surface area contributed by atoms with Crippen molar-refractivity contribution < 1.29 is 0 Å². The standard InChI is InChI=1S/C49H34/c1-49(2)45-27-32(12-11-31-7-4-3-5-8-31)13-23-42(45)43-25-22-39(30-46(43)49)37-16-17-38-29-40(19-18-36(38)28-37)41-24-20-35-15-14-33-9-6-10-34-21-26-44(41)48(35)47(33)34/h3-30H,1-2H3/b12-11+. The third-order valence-corrected chi connectivity index (χ3v) is 11.0. The molecule has 0 bridgehead atoms. The Morgan fingerprint density at radius 2 is 0.918 bits per heavy atom. The third-order valence-electron chi connectivity index (χ3n) is 11.0. The molecule has 0 aromatic heterocycles. The summed E-state index contributed by atoms with van der Waals surface area (Å²) in [5, 5.41) is 10.5. The Hall–Kier alpha value is -5.98. The molecule has 1 aliphatic rings. The van der Waals surface area contributed by atoms with Gasteiger partial charge in [-0.2, -0.15) is 0 Å². The number of hydrogen-bond acceptors (Lipinski definition) is 0. The first-order valence-electron chi connectivity index (χ1n) is 17.2. The van der Waals surface area contributed by atoms with Gasteiger partial charge in [-0.3, -0.25) is 0 Å². The predicted molar refractivity (Wildman–Crippen MR) is 211 cm³/mol. The highest BCUT2D eigenvalue weighted by Crippen LogP contribution is 2.50. The molecule has 0 nitrogen and oxygen atoms in total. The molecule has 0 amide bonds. The molecule has 9 aromatic rings. The lowest BCUT2D eigenvalue weighted by Crippen LogP contribution is -2.15. The monoisotopic (exact) mass is 622 g/mol. The van der Waals surface area contributed by atoms with Gasteiger partial charge in [0.05, 0.1) is 0 Å². The second-order valence-corrected chi connectivity index (χ2v) is 14.2. The van der Waals surface area contributed by atoms with E-state index in [4.69, 9.17) is 0 Å². The molecular weight excluding hydrogens is 589 g/mol. The quantitative estimate of drug-likeness (QED) is 0.135. The Morgan fingerprint density at radius 1 is 0.367 bits per heavy atom. The van der Waals surface area contributed by atoms with Crippen LogP contribution in [0.2, 0.25) is 0 Å². The van der Waals surface area contributed by atoms with E-state index < -0.39 is 0 Å². The van der Waals surface area contributed by atoms with Crippen molar-refractivity contribution in [2.75, 3.05) is 0 Å². The van der Waals surface area contributed by atoms with E-state index in [1.807, 2.05) is 0 Å². The minimum atomic E-state index is -0.0797. The maximum absolute atomic E-state index is 2.43. The highest BCUT2D eigenvalue weighted by Gasteiger charge is 2.35. The summed E-state index contributed by atoms with van der Waals surface area (Å²) in [6.45, 7) is 4.74. The van der Waals surface area contributed by atoms with Crippen LogP contribution in [0.5, 0.6) is 0 Å². The van der Waals surface area contributed by atoms with Gasteiger partial charge in [-0.05, 0) is 117 Å². The zero-order valence-corrected chi connectivity index (χ0v) is 27.7. The summed E-state index contributed by atoms with van der Waals surface area (Å²) in [5.74, 6) is 0. The molecule has 0 radical (unpaired) electrons. The molecule has 0 saturated heterocycles. The smallest absolute Gasteiger partial charge is 0.0159 e. The number of fused-ring (bicyclic) bond motifs is 4. The highest BCUT2D eigenvalue weighted by atomic mass is 14.4. The van der Waals surface area contributed by atoms with Gasteiger partial charge in [-0.1, -0.05) is 166 Å². The average Bonchev–Trinajstić information content (AvgIpc) is 3.37. The van der Waals surface area contributed by atoms with Crippen LogP contribution < -0.4 is 0 Å². The van der Waals surface area contributed by atoms with Gasteiger partial charge in [-0.15, -0.1) is 0 Å². The van der Waals surface area contributed by atoms with Crippen LogP contribution in [0.15, 0.2) is 158 Å². The Bertz CT molecular complexity index is 2760. The van der Waals surface area contributed by atoms with E-state index in [0.29, 0.717) is 0 Å². The van der Waals surface area contributed by atoms with Gasteiger partial charge in [0.2, 0.25) is 0 Å². The molecule has 49 heavy (non-hydrogen) atoms. The van der Waals surface area contributed by atoms with Crippen molar-refractivity contribution in [3.63, 3.8) is 0 Å². The molecule has 0 N–H and O–H groups in total. The zero-order chi connectivity index (χ0) is 32.7. The minimum Gasteiger partial charge on any atom is -0.0622 e. The van der Waals surface area contributed by atoms with E-state index in [1.165, 1.54) is 98.7 Å². The number of rotatable bonds is 4. The SMILES string of the molecule is CC1(C)c2cc(/C=C/c3ccccc3)ccc2-c2ccc(-c3ccc4cc(-c5ccc6ccc7cccc8ccc5c6c78)ccc4c3)cc21. The summed E-state index contributed by atoms with van der Waals surface area (Å²) >= 11 is 0. The van der Waals surface area contributed by atoms with Crippen LogP contribution in [-0.4, -0.2) is 0 Å². The number of benzene rings is 9. The predicted octanol–water partition coefficient (Wildman–Crippen LogP) is 13.5. The Balaban J connectivity index is 0.997. The lowest BCUT2D eigenvalue weighted by molar-refractivity contribution is 0.660. The van der Waals surface area contributed by atoms with Crippen LogP contribution in [0, 0.1) is 0 Å². The zero-order valence-electron chi connectivity index (χ0n) is 27.7. The molecular formula is C49H34. The molecule has 10 rings (SSSR count). The summed E-state index contributed by atoms with van der Waals surface area (Å²) in [5.41, 5.74) is 12.9. The van der Waals surface area contributed by atoms with Crippen LogP contribution in [0.25, 0.3) is 88.6 Å². The van der Waals surface area contributed by atoms with Gasteiger partial charge in [0.1, 0.15) is 0 Å². The molecule has 0 saturated carbocycles. The van der Waals surface area contributed by atoms with Gasteiger partial charge >= 0.3 is 0 Å². The summed E-state index contributed by atoms with van der Waals surface area (Å²) in [7, 11) is 0. The Morgan fingerprint density at radius 3 is 1.71 bits per heavy atom. The van der Waals surface area contributed by atoms with E-state index in [1.54, 1.807) is 0 Å². The fourth-order valence-electron chi connectivity index (χ4n) is 8.37. The van der Waals surface area contributed by atoms with Gasteiger partial charge in [-0.25, -0.2) is 0 Å². The van der Waals surface area contributed by atoms with E-state index in [9.17, 15) is 0 Å². The molecule has 0 atom stereocenters. The summed E-state index contributed by atoms with van der Waals surface area (Å²) < 4.78 is 0. The Kier molecular flexibility index (Phi) is 6.02. The van der Waals surface area contributed by atoms with Crippen molar-refractivity contribution in [1.82, 2.24) is 0 Å². The van der Waals surface area contributed by atoms with Crippen molar-refractivity contribution >= 4 is 55.2 Å². The van der Waals surface area contributed by atoms with E-state index in [-0.39, 0.29) is 5.41 Å². The maximum Gasteiger partial charge on any atom is 0.0159 e. The second-order valence-electron chi connectivity index (χ2n) is 14.2. The third kappa shape index (κ3) is 4.38. The normalized spacial score (nSPS) is 13.6. The summed E-state index contributed by atoms with van der Waals surface area (Å²) in [4.78, 5) is 0. The van der Waals surface area contributed by atoms with Crippen LogP contribution in [-0.2, 0) is 5.41 Å². The molecule has 9 aromatic carbocycles. The van der Waals surface area contributed by atoms with Crippen LogP contribution in [0.4, 0.5) is 0 Å². The minimum absolute atomic E-state index is 0.0797. The van der Waals surface area contributed by atoms with E-state index in [2.05, 4.69) is 184 Å². The van der Waals surface area contributed by atoms with Crippen molar-refractivity contribution in [3.05, 3.63) is 180 Å². The fourth-order valence-corrected chi connectivity index (χ4v) is 8.37. The van der Waals surface area contributed by atoms with E-state index in [0.717, 1.165) is 0 Å². The maximum atomic E-state index is 2.43. The molecule has 0 aliphatic heterocycles. The molecule has 0 heteroatoms. The topological polar surface area (TPSA) is 0 Å². The molecule has 0 fully saturated rings. The molecule has 0 heterocycles. The van der Waals surface area contributed by atoms with Crippen molar-refractivity contribution in [2.24, 2.45) is 0 Å². The lowest BCUT2D eigenvalue weighted by Gasteiger charge is -2.22. The van der Waals surface area contributed by atoms with Crippen LogP contribution >= 0.6 is 0 Å². The van der Waals surface area contributed by atoms with Crippen LogP contribution in [0.1, 0.15) is 36.1 Å². The van der Waals surface area contributed by atoms with E-state index >= 15 is 0 Å². The lowest BCUT2D eigenvalue weighted by atomic mass is 9.81. The molecule has 230 valence electrons. The van der Waals surface area contributed by atoms with Gasteiger partial charge in [0.15, 0.2) is 0 Å². The van der Waals surface area contributed by atoms with Gasteiger partial charge < -0.3 is 0 Å². The first-order chi connectivity index (χ1) is 24.0. The first-order valence-corrected chi connectivity index (χ1v) is 17.2. The highest BCUT2D eigenvalue weighted by molar-refractivity contribution is 6.25. The van der Waals surface area contributed by atoms with Crippen molar-refractivity contribution in [1.29, 1.82) is 0 Å². The molecule has 1 aliphatic carbocycles. The van der Waals surface area contributed by atoms with Crippen LogP contribution in [0.3, 0.4) is 0 Å². The first kappa shape index (κ1) is 28.1. The van der Waals surface area contributed by atoms with Crippen molar-refractivity contribution in [2.45, 2.75) is 19.3 Å². The largest absolute Gasteiger partial charge is 0.0622 e. The second kappa shape index (κ2) is 10.5. The van der Waals surface area contributed by atoms with Gasteiger partial charge in [0.25, 0.3) is 0 Å². The average molecular weight is 623 g/mol. The number of hydrogen-bond donors (Lipinski definition) is 0. The fraction of sp³-hybridized carbons (Fsp3) is 0.0612.